The number of benzene rings is 3. The minimum Gasteiger partial charge on any atom is -0.497 e. The van der Waals surface area contributed by atoms with Gasteiger partial charge in [-0.25, -0.2) is 8.42 Å². The number of carbonyl (C=O) groups is 2. The Morgan fingerprint density at radius 1 is 0.895 bits per heavy atom. The van der Waals surface area contributed by atoms with Gasteiger partial charge in [0.2, 0.25) is 11.8 Å². The SMILES string of the molecule is CC[C@@H](C)NC(=O)[C@@H](C)N(Cc1ccc(OC)cc1)C(=O)CN(c1ccccc1)S(=O)(=O)c1ccccc1. The largest absolute Gasteiger partial charge is 0.497 e. The van der Waals surface area contributed by atoms with Crippen molar-refractivity contribution < 1.29 is 22.7 Å². The van der Waals surface area contributed by atoms with Gasteiger partial charge < -0.3 is 15.0 Å². The van der Waals surface area contributed by atoms with Gasteiger partial charge in [-0.2, -0.15) is 0 Å². The standard InChI is InChI=1S/C29H35N3O5S/c1-5-22(2)30-29(34)23(3)31(20-24-16-18-26(37-4)19-17-24)28(33)21-32(25-12-8-6-9-13-25)38(35,36)27-14-10-7-11-15-27/h6-19,22-23H,5,20-21H2,1-4H3,(H,30,34)/t22-,23-/m1/s1. The summed E-state index contributed by atoms with van der Waals surface area (Å²) in [7, 11) is -2.50. The van der Waals surface area contributed by atoms with Gasteiger partial charge in [-0.3, -0.25) is 13.9 Å². The van der Waals surface area contributed by atoms with Crippen molar-refractivity contribution in [1.29, 1.82) is 0 Å². The Hall–Kier alpha value is -3.85. The van der Waals surface area contributed by atoms with Crippen LogP contribution in [0, 0.1) is 0 Å². The lowest BCUT2D eigenvalue weighted by Gasteiger charge is -2.32. The second-order valence-corrected chi connectivity index (χ2v) is 10.9. The third-order valence-electron chi connectivity index (χ3n) is 6.33. The minimum absolute atomic E-state index is 0.0674. The third kappa shape index (κ3) is 7.13. The predicted octanol–water partition coefficient (Wildman–Crippen LogP) is 4.22. The van der Waals surface area contributed by atoms with Crippen LogP contribution in [0.1, 0.15) is 32.8 Å². The Morgan fingerprint density at radius 3 is 2.03 bits per heavy atom. The van der Waals surface area contributed by atoms with Gasteiger partial charge in [0, 0.05) is 12.6 Å². The van der Waals surface area contributed by atoms with Crippen LogP contribution in [0.4, 0.5) is 5.69 Å². The fraction of sp³-hybridized carbons (Fsp3) is 0.310. The number of para-hydroxylation sites is 1. The van der Waals surface area contributed by atoms with Crippen LogP contribution in [0.15, 0.2) is 89.8 Å². The molecule has 3 aromatic rings. The lowest BCUT2D eigenvalue weighted by Crippen LogP contribution is -2.52. The van der Waals surface area contributed by atoms with Crippen LogP contribution in [-0.2, 0) is 26.2 Å². The third-order valence-corrected chi connectivity index (χ3v) is 8.12. The van der Waals surface area contributed by atoms with E-state index in [0.717, 1.165) is 16.3 Å². The highest BCUT2D eigenvalue weighted by atomic mass is 32.2. The van der Waals surface area contributed by atoms with Crippen LogP contribution in [0.2, 0.25) is 0 Å². The van der Waals surface area contributed by atoms with Crippen molar-refractivity contribution in [2.24, 2.45) is 0 Å². The van der Waals surface area contributed by atoms with Gasteiger partial charge in [-0.1, -0.05) is 55.5 Å². The molecule has 202 valence electrons. The second kappa shape index (κ2) is 13.1. The molecule has 0 saturated heterocycles. The Balaban J connectivity index is 1.98. The second-order valence-electron chi connectivity index (χ2n) is 9.02. The lowest BCUT2D eigenvalue weighted by atomic mass is 10.1. The molecule has 0 fully saturated rings. The van der Waals surface area contributed by atoms with Gasteiger partial charge in [-0.05, 0) is 62.2 Å². The number of methoxy groups -OCH3 is 1. The van der Waals surface area contributed by atoms with E-state index >= 15 is 0 Å². The molecule has 1 N–H and O–H groups in total. The van der Waals surface area contributed by atoms with Crippen molar-refractivity contribution in [1.82, 2.24) is 10.2 Å². The molecule has 0 aliphatic carbocycles. The summed E-state index contributed by atoms with van der Waals surface area (Å²) in [6.07, 6.45) is 0.738. The van der Waals surface area contributed by atoms with E-state index in [4.69, 9.17) is 4.74 Å². The molecule has 0 aromatic heterocycles. The zero-order valence-electron chi connectivity index (χ0n) is 22.2. The van der Waals surface area contributed by atoms with E-state index in [9.17, 15) is 18.0 Å². The summed E-state index contributed by atoms with van der Waals surface area (Å²) in [5.41, 5.74) is 1.13. The number of amides is 2. The highest BCUT2D eigenvalue weighted by molar-refractivity contribution is 7.92. The van der Waals surface area contributed by atoms with Crippen molar-refractivity contribution in [2.75, 3.05) is 18.0 Å². The topological polar surface area (TPSA) is 96.0 Å². The van der Waals surface area contributed by atoms with Crippen molar-refractivity contribution in [3.8, 4) is 5.75 Å². The molecule has 0 aliphatic heterocycles. The quantitative estimate of drug-likeness (QED) is 0.373. The molecule has 2 amide bonds. The number of nitrogens with one attached hydrogen (secondary N) is 1. The molecule has 0 bridgehead atoms. The summed E-state index contributed by atoms with van der Waals surface area (Å²) in [4.78, 5) is 28.4. The predicted molar refractivity (Wildman–Crippen MR) is 148 cm³/mol. The Kier molecular flexibility index (Phi) is 9.90. The van der Waals surface area contributed by atoms with Crippen LogP contribution in [0.25, 0.3) is 0 Å². The number of hydrogen-bond donors (Lipinski definition) is 1. The number of rotatable bonds is 12. The molecule has 0 unspecified atom stereocenters. The van der Waals surface area contributed by atoms with Gasteiger partial charge >= 0.3 is 0 Å². The average molecular weight is 538 g/mol. The maximum atomic E-state index is 13.8. The van der Waals surface area contributed by atoms with E-state index in [0.29, 0.717) is 11.4 Å². The molecule has 0 spiro atoms. The molecule has 0 radical (unpaired) electrons. The molecular weight excluding hydrogens is 502 g/mol. The molecule has 0 aliphatic rings. The van der Waals surface area contributed by atoms with Crippen LogP contribution in [0.5, 0.6) is 5.75 Å². The van der Waals surface area contributed by atoms with Crippen molar-refractivity contribution in [3.63, 3.8) is 0 Å². The summed E-state index contributed by atoms with van der Waals surface area (Å²) >= 11 is 0. The monoisotopic (exact) mass is 537 g/mol. The molecular formula is C29H35N3O5S. The Labute approximate surface area is 225 Å². The number of ether oxygens (including phenoxy) is 1. The molecule has 3 rings (SSSR count). The summed E-state index contributed by atoms with van der Waals surface area (Å²) < 4.78 is 33.7. The Morgan fingerprint density at radius 2 is 1.47 bits per heavy atom. The molecule has 8 nitrogen and oxygen atoms in total. The first-order valence-electron chi connectivity index (χ1n) is 12.5. The van der Waals surface area contributed by atoms with Gasteiger partial charge in [0.05, 0.1) is 17.7 Å². The van der Waals surface area contributed by atoms with Crippen LogP contribution < -0.4 is 14.4 Å². The molecule has 2 atom stereocenters. The normalized spacial score (nSPS) is 12.7. The first-order chi connectivity index (χ1) is 18.2. The van der Waals surface area contributed by atoms with Gasteiger partial charge in [0.25, 0.3) is 10.0 Å². The van der Waals surface area contributed by atoms with Gasteiger partial charge in [0.15, 0.2) is 0 Å². The molecule has 9 heteroatoms. The Bertz CT molecular complexity index is 1300. The van der Waals surface area contributed by atoms with Crippen LogP contribution in [-0.4, -0.2) is 50.9 Å². The van der Waals surface area contributed by atoms with Crippen molar-refractivity contribution >= 4 is 27.5 Å². The van der Waals surface area contributed by atoms with Crippen molar-refractivity contribution in [3.05, 3.63) is 90.5 Å². The van der Waals surface area contributed by atoms with E-state index in [2.05, 4.69) is 5.32 Å². The van der Waals surface area contributed by atoms with Crippen LogP contribution >= 0.6 is 0 Å². The lowest BCUT2D eigenvalue weighted by molar-refractivity contribution is -0.139. The van der Waals surface area contributed by atoms with E-state index in [1.807, 2.05) is 26.0 Å². The van der Waals surface area contributed by atoms with E-state index in [1.54, 1.807) is 74.7 Å². The molecule has 0 saturated carbocycles. The summed E-state index contributed by atoms with van der Waals surface area (Å²) in [5.74, 6) is -0.146. The zero-order valence-corrected chi connectivity index (χ0v) is 23.0. The van der Waals surface area contributed by atoms with Gasteiger partial charge in [-0.15, -0.1) is 0 Å². The number of nitrogens with zero attached hydrogens (tertiary/aromatic N) is 2. The number of sulfonamides is 1. The first kappa shape index (κ1) is 28.7. The zero-order chi connectivity index (χ0) is 27.7. The number of carbonyl (C=O) groups excluding carboxylic acids is 2. The maximum Gasteiger partial charge on any atom is 0.264 e. The number of hydrogen-bond acceptors (Lipinski definition) is 5. The molecule has 0 heterocycles. The van der Waals surface area contributed by atoms with Crippen LogP contribution in [0.3, 0.4) is 0 Å². The first-order valence-corrected chi connectivity index (χ1v) is 14.0. The van der Waals surface area contributed by atoms with E-state index < -0.39 is 28.5 Å². The summed E-state index contributed by atoms with van der Waals surface area (Å²) in [6, 6.07) is 22.7. The minimum atomic E-state index is -4.06. The summed E-state index contributed by atoms with van der Waals surface area (Å²) in [5, 5.41) is 2.93. The smallest absolute Gasteiger partial charge is 0.264 e. The fourth-order valence-corrected chi connectivity index (χ4v) is 5.25. The van der Waals surface area contributed by atoms with E-state index in [-0.39, 0.29) is 23.4 Å². The average Bonchev–Trinajstić information content (AvgIpc) is 2.95. The highest BCUT2D eigenvalue weighted by Crippen LogP contribution is 2.24. The fourth-order valence-electron chi connectivity index (χ4n) is 3.82. The van der Waals surface area contributed by atoms with E-state index in [1.165, 1.54) is 17.0 Å². The van der Waals surface area contributed by atoms with Gasteiger partial charge in [0.1, 0.15) is 18.3 Å². The molecule has 38 heavy (non-hydrogen) atoms. The van der Waals surface area contributed by atoms with Crippen molar-refractivity contribution in [2.45, 2.75) is 50.7 Å². The summed E-state index contributed by atoms with van der Waals surface area (Å²) in [6.45, 7) is 5.15. The highest BCUT2D eigenvalue weighted by Gasteiger charge is 2.32. The maximum absolute atomic E-state index is 13.8. The molecule has 3 aromatic carbocycles. The number of anilines is 1.